The van der Waals surface area contributed by atoms with Crippen LogP contribution in [0.1, 0.15) is 32.1 Å². The number of hydrogen-bond acceptors (Lipinski definition) is 4. The first-order valence-electron chi connectivity index (χ1n) is 10.2. The van der Waals surface area contributed by atoms with Crippen LogP contribution in [0.5, 0.6) is 0 Å². The first-order valence-corrected chi connectivity index (χ1v) is 12.1. The Balaban J connectivity index is 1.64. The molecule has 1 saturated carbocycles. The van der Waals surface area contributed by atoms with Crippen molar-refractivity contribution in [3.05, 3.63) is 53.6 Å². The summed E-state index contributed by atoms with van der Waals surface area (Å²) in [6.45, 7) is 0.278. The lowest BCUT2D eigenvalue weighted by molar-refractivity contribution is -0.138. The lowest BCUT2D eigenvalue weighted by Crippen LogP contribution is -2.58. The number of hydrogen-bond donors (Lipinski definition) is 2. The minimum atomic E-state index is -3.88. The second-order valence-corrected chi connectivity index (χ2v) is 10.4. The molecule has 1 aliphatic heterocycles. The maximum absolute atomic E-state index is 13.4. The highest BCUT2D eigenvalue weighted by molar-refractivity contribution is 7.89. The molecule has 0 aromatic heterocycles. The van der Waals surface area contributed by atoms with Gasteiger partial charge in [0.2, 0.25) is 10.0 Å². The normalized spacial score (nSPS) is 24.8. The molecule has 6 nitrogen and oxygen atoms in total. The third-order valence-corrected chi connectivity index (χ3v) is 8.57. The van der Waals surface area contributed by atoms with Gasteiger partial charge in [-0.25, -0.2) is 13.9 Å². The minimum absolute atomic E-state index is 0.0669. The van der Waals surface area contributed by atoms with Crippen LogP contribution < -0.4 is 5.48 Å². The van der Waals surface area contributed by atoms with E-state index in [1.54, 1.807) is 41.9 Å². The fourth-order valence-corrected chi connectivity index (χ4v) is 6.69. The Hall–Kier alpha value is -1.93. The van der Waals surface area contributed by atoms with Gasteiger partial charge in [0.1, 0.15) is 6.04 Å². The van der Waals surface area contributed by atoms with Crippen molar-refractivity contribution < 1.29 is 18.4 Å². The summed E-state index contributed by atoms with van der Waals surface area (Å²) in [5.74, 6) is -0.393. The van der Waals surface area contributed by atoms with E-state index >= 15 is 0 Å². The molecule has 1 amide bonds. The second kappa shape index (κ2) is 8.67. The number of halogens is 1. The summed E-state index contributed by atoms with van der Waals surface area (Å²) in [5, 5.41) is 9.92. The van der Waals surface area contributed by atoms with Crippen molar-refractivity contribution in [2.45, 2.75) is 43.0 Å². The SMILES string of the molecule is O=C(NO)[C@H]1C2CCCCC2CCN1S(=O)(=O)c1ccc(-c2ccc(Cl)cc2)cc1. The average Bonchev–Trinajstić information content (AvgIpc) is 2.78. The Morgan fingerprint density at radius 2 is 1.57 bits per heavy atom. The first-order chi connectivity index (χ1) is 14.4. The monoisotopic (exact) mass is 448 g/mol. The zero-order valence-corrected chi connectivity index (χ0v) is 18.1. The van der Waals surface area contributed by atoms with Crippen LogP contribution in [0.2, 0.25) is 5.02 Å². The zero-order chi connectivity index (χ0) is 21.3. The average molecular weight is 449 g/mol. The molecule has 1 heterocycles. The van der Waals surface area contributed by atoms with Gasteiger partial charge in [-0.3, -0.25) is 10.0 Å². The van der Waals surface area contributed by atoms with Crippen molar-refractivity contribution in [3.8, 4) is 11.1 Å². The molecule has 0 radical (unpaired) electrons. The molecule has 1 saturated heterocycles. The number of nitrogens with zero attached hydrogens (tertiary/aromatic N) is 1. The van der Waals surface area contributed by atoms with E-state index in [1.807, 2.05) is 12.1 Å². The van der Waals surface area contributed by atoms with E-state index in [-0.39, 0.29) is 17.4 Å². The van der Waals surface area contributed by atoms with Crippen molar-refractivity contribution in [1.82, 2.24) is 9.79 Å². The number of benzene rings is 2. The third-order valence-electron chi connectivity index (χ3n) is 6.42. The van der Waals surface area contributed by atoms with Crippen LogP contribution in [0.3, 0.4) is 0 Å². The van der Waals surface area contributed by atoms with Gasteiger partial charge in [0.15, 0.2) is 0 Å². The van der Waals surface area contributed by atoms with E-state index in [0.717, 1.165) is 43.2 Å². The highest BCUT2D eigenvalue weighted by Crippen LogP contribution is 2.42. The van der Waals surface area contributed by atoms with Crippen LogP contribution in [0.4, 0.5) is 0 Å². The van der Waals surface area contributed by atoms with Gasteiger partial charge in [-0.1, -0.05) is 55.1 Å². The summed E-state index contributed by atoms with van der Waals surface area (Å²) in [6, 6.07) is 13.1. The van der Waals surface area contributed by atoms with Crippen LogP contribution in [0, 0.1) is 11.8 Å². The second-order valence-electron chi connectivity index (χ2n) is 8.06. The number of amides is 1. The fourth-order valence-electron chi connectivity index (χ4n) is 4.91. The maximum Gasteiger partial charge on any atom is 0.262 e. The van der Waals surface area contributed by atoms with Crippen molar-refractivity contribution >= 4 is 27.5 Å². The number of fused-ring (bicyclic) bond motifs is 1. The summed E-state index contributed by atoms with van der Waals surface area (Å²) in [4.78, 5) is 12.6. The number of carbonyl (C=O) groups is 1. The molecule has 2 aliphatic rings. The van der Waals surface area contributed by atoms with Crippen molar-refractivity contribution in [2.24, 2.45) is 11.8 Å². The topological polar surface area (TPSA) is 86.7 Å². The van der Waals surface area contributed by atoms with Crippen LogP contribution in [0.15, 0.2) is 53.4 Å². The Labute approximate surface area is 181 Å². The molecular weight excluding hydrogens is 424 g/mol. The van der Waals surface area contributed by atoms with Gasteiger partial charge in [-0.05, 0) is 60.1 Å². The molecule has 160 valence electrons. The minimum Gasteiger partial charge on any atom is -0.289 e. The zero-order valence-electron chi connectivity index (χ0n) is 16.5. The van der Waals surface area contributed by atoms with E-state index in [9.17, 15) is 18.4 Å². The quantitative estimate of drug-likeness (QED) is 0.545. The van der Waals surface area contributed by atoms with E-state index in [2.05, 4.69) is 0 Å². The molecular formula is C22H25ClN2O4S. The predicted octanol–water partition coefficient (Wildman–Crippen LogP) is 4.08. The highest BCUT2D eigenvalue weighted by Gasteiger charge is 2.47. The number of sulfonamides is 1. The van der Waals surface area contributed by atoms with Crippen LogP contribution in [-0.2, 0) is 14.8 Å². The standard InChI is InChI=1S/C22H25ClN2O4S/c23-18-9-5-15(6-10-18)16-7-11-19(12-8-16)30(28,29)25-14-13-17-3-1-2-4-20(17)21(25)22(26)24-27/h5-12,17,20-21,27H,1-4,13-14H2,(H,24,26)/t17?,20?,21-/m1/s1. The van der Waals surface area contributed by atoms with E-state index in [0.29, 0.717) is 10.9 Å². The number of carbonyl (C=O) groups excluding carboxylic acids is 1. The highest BCUT2D eigenvalue weighted by atomic mass is 35.5. The Morgan fingerprint density at radius 1 is 0.967 bits per heavy atom. The van der Waals surface area contributed by atoms with Gasteiger partial charge in [0.05, 0.1) is 4.90 Å². The van der Waals surface area contributed by atoms with Gasteiger partial charge in [0, 0.05) is 11.6 Å². The van der Waals surface area contributed by atoms with Crippen LogP contribution >= 0.6 is 11.6 Å². The Bertz CT molecular complexity index is 1010. The van der Waals surface area contributed by atoms with Gasteiger partial charge in [-0.2, -0.15) is 4.31 Å². The lowest BCUT2D eigenvalue weighted by Gasteiger charge is -2.45. The largest absolute Gasteiger partial charge is 0.289 e. The van der Waals surface area contributed by atoms with E-state index in [1.165, 1.54) is 4.31 Å². The fraction of sp³-hybridized carbons (Fsp3) is 0.409. The van der Waals surface area contributed by atoms with E-state index in [4.69, 9.17) is 11.6 Å². The molecule has 4 rings (SSSR count). The third kappa shape index (κ3) is 3.99. The summed E-state index contributed by atoms with van der Waals surface area (Å²) in [7, 11) is -3.88. The van der Waals surface area contributed by atoms with Crippen molar-refractivity contribution in [1.29, 1.82) is 0 Å². The molecule has 2 aromatic rings. The first kappa shape index (κ1) is 21.3. The summed E-state index contributed by atoms with van der Waals surface area (Å²) < 4.78 is 28.1. The molecule has 2 unspecified atom stereocenters. The van der Waals surface area contributed by atoms with Crippen molar-refractivity contribution in [3.63, 3.8) is 0 Å². The molecule has 1 aliphatic carbocycles. The molecule has 3 atom stereocenters. The molecule has 0 bridgehead atoms. The number of rotatable bonds is 4. The molecule has 2 aromatic carbocycles. The smallest absolute Gasteiger partial charge is 0.262 e. The van der Waals surface area contributed by atoms with E-state index < -0.39 is 22.0 Å². The molecule has 2 fully saturated rings. The number of hydroxylamine groups is 1. The predicted molar refractivity (Wildman–Crippen MR) is 115 cm³/mol. The maximum atomic E-state index is 13.4. The van der Waals surface area contributed by atoms with Gasteiger partial charge < -0.3 is 0 Å². The van der Waals surface area contributed by atoms with Gasteiger partial charge >= 0.3 is 0 Å². The van der Waals surface area contributed by atoms with Crippen LogP contribution in [0.25, 0.3) is 11.1 Å². The molecule has 30 heavy (non-hydrogen) atoms. The molecule has 2 N–H and O–H groups in total. The molecule has 0 spiro atoms. The summed E-state index contributed by atoms with van der Waals surface area (Å²) in [5.41, 5.74) is 3.51. The Kier molecular flexibility index (Phi) is 6.16. The lowest BCUT2D eigenvalue weighted by atomic mass is 9.71. The van der Waals surface area contributed by atoms with Gasteiger partial charge in [-0.15, -0.1) is 0 Å². The molecule has 8 heteroatoms. The van der Waals surface area contributed by atoms with Gasteiger partial charge in [0.25, 0.3) is 5.91 Å². The van der Waals surface area contributed by atoms with Crippen LogP contribution in [-0.4, -0.2) is 36.4 Å². The Morgan fingerprint density at radius 3 is 2.20 bits per heavy atom. The summed E-state index contributed by atoms with van der Waals surface area (Å²) in [6.07, 6.45) is 4.61. The summed E-state index contributed by atoms with van der Waals surface area (Å²) >= 11 is 5.93. The van der Waals surface area contributed by atoms with Crippen molar-refractivity contribution in [2.75, 3.05) is 6.54 Å². The number of piperidine rings is 1. The number of nitrogens with one attached hydrogen (secondary N) is 1.